The second-order valence-electron chi connectivity index (χ2n) is 8.37. The van der Waals surface area contributed by atoms with E-state index in [0.717, 1.165) is 26.8 Å². The molecule has 0 saturated carbocycles. The number of benzene rings is 3. The van der Waals surface area contributed by atoms with Gasteiger partial charge in [-0.25, -0.2) is 4.52 Å². The van der Waals surface area contributed by atoms with Crippen molar-refractivity contribution in [1.82, 2.24) is 14.1 Å². The van der Waals surface area contributed by atoms with Crippen molar-refractivity contribution in [3.8, 4) is 11.3 Å². The maximum atomic E-state index is 4.91. The fourth-order valence-electron chi connectivity index (χ4n) is 3.87. The summed E-state index contributed by atoms with van der Waals surface area (Å²) in [7, 11) is 6.55. The third-order valence-corrected chi connectivity index (χ3v) is 5.46. The molecule has 3 aromatic carbocycles. The first-order chi connectivity index (χ1) is 14.0. The molecule has 0 amide bonds. The molecule has 0 bridgehead atoms. The summed E-state index contributed by atoms with van der Waals surface area (Å²) < 4.78 is 2.89. The summed E-state index contributed by atoms with van der Waals surface area (Å²) >= 11 is 0. The van der Waals surface area contributed by atoms with Crippen molar-refractivity contribution in [2.75, 3.05) is 21.1 Å². The van der Waals surface area contributed by atoms with Crippen LogP contribution in [0.2, 0.25) is 0 Å². The molecule has 0 unspecified atom stereocenters. The van der Waals surface area contributed by atoms with Gasteiger partial charge in [-0.3, -0.25) is 4.48 Å². The number of rotatable bonds is 3. The third-order valence-electron chi connectivity index (χ3n) is 5.46. The van der Waals surface area contributed by atoms with E-state index in [2.05, 4.69) is 111 Å². The number of aromatic nitrogens is 2. The molecule has 5 rings (SSSR count). The Bertz CT molecular complexity index is 1360. The first kappa shape index (κ1) is 17.7. The SMILES string of the molecule is C[N+](C)(C)c1ccc(/C=c2/c3ccccc3n3nc(-c4ccccc4)cc23)cc1. The molecule has 0 radical (unpaired) electrons. The van der Waals surface area contributed by atoms with Gasteiger partial charge >= 0.3 is 0 Å². The normalized spacial score (nSPS) is 12.9. The lowest BCUT2D eigenvalue weighted by molar-refractivity contribution is 0.486. The van der Waals surface area contributed by atoms with Crippen LogP contribution in [0.1, 0.15) is 5.56 Å². The molecule has 2 heterocycles. The van der Waals surface area contributed by atoms with Gasteiger partial charge < -0.3 is 0 Å². The lowest BCUT2D eigenvalue weighted by Gasteiger charge is -2.23. The van der Waals surface area contributed by atoms with Crippen LogP contribution in [0.15, 0.2) is 84.9 Å². The largest absolute Gasteiger partial charge is 0.298 e. The standard InChI is InChI=1S/C26H24N3/c1-29(2,3)21-15-13-19(14-16-21)17-23-22-11-7-8-12-25(22)28-26(23)18-24(27-28)20-9-5-4-6-10-20/h4-18H,1-3H3/q+1/b23-17-. The van der Waals surface area contributed by atoms with Crippen molar-refractivity contribution in [1.29, 1.82) is 0 Å². The van der Waals surface area contributed by atoms with Gasteiger partial charge in [0.05, 0.1) is 37.9 Å². The van der Waals surface area contributed by atoms with E-state index in [0.29, 0.717) is 0 Å². The Morgan fingerprint density at radius 3 is 2.17 bits per heavy atom. The molecular weight excluding hydrogens is 354 g/mol. The van der Waals surface area contributed by atoms with Gasteiger partial charge in [-0.2, -0.15) is 5.10 Å². The van der Waals surface area contributed by atoms with Crippen LogP contribution in [0.4, 0.5) is 5.69 Å². The monoisotopic (exact) mass is 378 g/mol. The number of fused-ring (bicyclic) bond motifs is 3. The summed E-state index contributed by atoms with van der Waals surface area (Å²) in [4.78, 5) is 0. The Labute approximate surface area is 170 Å². The first-order valence-corrected chi connectivity index (χ1v) is 9.90. The van der Waals surface area contributed by atoms with Crippen LogP contribution in [0, 0.1) is 0 Å². The Kier molecular flexibility index (Phi) is 4.00. The summed E-state index contributed by atoms with van der Waals surface area (Å²) in [5.41, 5.74) is 6.90. The summed E-state index contributed by atoms with van der Waals surface area (Å²) in [6.45, 7) is 0. The van der Waals surface area contributed by atoms with Crippen molar-refractivity contribution in [3.05, 3.63) is 95.7 Å². The van der Waals surface area contributed by atoms with E-state index in [1.807, 2.05) is 6.07 Å². The van der Waals surface area contributed by atoms with Crippen molar-refractivity contribution < 1.29 is 0 Å². The van der Waals surface area contributed by atoms with Crippen LogP contribution >= 0.6 is 0 Å². The highest BCUT2D eigenvalue weighted by atomic mass is 15.3. The second-order valence-corrected chi connectivity index (χ2v) is 8.37. The van der Waals surface area contributed by atoms with Crippen molar-refractivity contribution in [3.63, 3.8) is 0 Å². The number of hydrogen-bond acceptors (Lipinski definition) is 1. The highest BCUT2D eigenvalue weighted by Crippen LogP contribution is 2.23. The van der Waals surface area contributed by atoms with E-state index in [9.17, 15) is 0 Å². The van der Waals surface area contributed by atoms with Gasteiger partial charge in [0.2, 0.25) is 0 Å². The number of nitrogens with zero attached hydrogens (tertiary/aromatic N) is 3. The minimum atomic E-state index is 0.812. The molecule has 142 valence electrons. The highest BCUT2D eigenvalue weighted by Gasteiger charge is 2.13. The van der Waals surface area contributed by atoms with Gasteiger partial charge in [-0.1, -0.05) is 48.5 Å². The predicted octanol–water partition coefficient (Wildman–Crippen LogP) is 4.90. The molecule has 0 fully saturated rings. The van der Waals surface area contributed by atoms with Crippen LogP contribution in [0.25, 0.3) is 33.8 Å². The van der Waals surface area contributed by atoms with E-state index in [1.165, 1.54) is 21.9 Å². The first-order valence-electron chi connectivity index (χ1n) is 9.90. The van der Waals surface area contributed by atoms with Gasteiger partial charge in [-0.15, -0.1) is 0 Å². The molecule has 29 heavy (non-hydrogen) atoms. The second kappa shape index (κ2) is 6.57. The molecule has 0 aliphatic rings. The number of quaternary nitrogens is 1. The molecule has 5 aromatic rings. The van der Waals surface area contributed by atoms with Crippen molar-refractivity contribution >= 4 is 28.2 Å². The summed E-state index contributed by atoms with van der Waals surface area (Å²) in [6, 6.07) is 29.9. The molecule has 2 aromatic heterocycles. The smallest absolute Gasteiger partial charge is 0.132 e. The van der Waals surface area contributed by atoms with Crippen LogP contribution in [-0.2, 0) is 0 Å². The molecular formula is C26H24N3+. The molecule has 0 aliphatic carbocycles. The van der Waals surface area contributed by atoms with Gasteiger partial charge in [0.25, 0.3) is 0 Å². The van der Waals surface area contributed by atoms with Crippen LogP contribution in [0.5, 0.6) is 0 Å². The molecule has 3 nitrogen and oxygen atoms in total. The van der Waals surface area contributed by atoms with Crippen LogP contribution in [0.3, 0.4) is 0 Å². The maximum Gasteiger partial charge on any atom is 0.132 e. The van der Waals surface area contributed by atoms with Crippen LogP contribution < -0.4 is 9.70 Å². The maximum absolute atomic E-state index is 4.91. The third kappa shape index (κ3) is 3.10. The topological polar surface area (TPSA) is 17.3 Å². The quantitative estimate of drug-likeness (QED) is 0.408. The summed E-state index contributed by atoms with van der Waals surface area (Å²) in [5, 5.41) is 7.36. The number of hydrogen-bond donors (Lipinski definition) is 0. The molecule has 0 saturated heterocycles. The van der Waals surface area contributed by atoms with Gasteiger partial charge in [0.1, 0.15) is 5.69 Å². The zero-order valence-electron chi connectivity index (χ0n) is 17.0. The van der Waals surface area contributed by atoms with Crippen molar-refractivity contribution in [2.24, 2.45) is 0 Å². The minimum absolute atomic E-state index is 0.812. The molecule has 0 aliphatic heterocycles. The average molecular weight is 378 g/mol. The van der Waals surface area contributed by atoms with E-state index in [4.69, 9.17) is 5.10 Å². The lowest BCUT2D eigenvalue weighted by Crippen LogP contribution is -2.34. The minimum Gasteiger partial charge on any atom is -0.298 e. The fourth-order valence-corrected chi connectivity index (χ4v) is 3.87. The molecule has 3 heteroatoms. The van der Waals surface area contributed by atoms with E-state index in [1.54, 1.807) is 0 Å². The molecule has 0 atom stereocenters. The summed E-state index contributed by atoms with van der Waals surface area (Å²) in [5.74, 6) is 0. The fraction of sp³-hybridized carbons (Fsp3) is 0.115. The average Bonchev–Trinajstić information content (AvgIpc) is 3.28. The van der Waals surface area contributed by atoms with Crippen molar-refractivity contribution in [2.45, 2.75) is 0 Å². The zero-order chi connectivity index (χ0) is 20.0. The van der Waals surface area contributed by atoms with Crippen LogP contribution in [-0.4, -0.2) is 30.8 Å². The lowest BCUT2D eigenvalue weighted by atomic mass is 10.1. The predicted molar refractivity (Wildman–Crippen MR) is 123 cm³/mol. The van der Waals surface area contributed by atoms with E-state index in [-0.39, 0.29) is 0 Å². The van der Waals surface area contributed by atoms with E-state index >= 15 is 0 Å². The van der Waals surface area contributed by atoms with Gasteiger partial charge in [-0.05, 0) is 48.0 Å². The molecule has 0 spiro atoms. The highest BCUT2D eigenvalue weighted by molar-refractivity contribution is 5.91. The van der Waals surface area contributed by atoms with Gasteiger partial charge in [0, 0.05) is 16.2 Å². The van der Waals surface area contributed by atoms with E-state index < -0.39 is 0 Å². The molecule has 0 N–H and O–H groups in total. The Hall–Kier alpha value is -3.43. The Morgan fingerprint density at radius 1 is 0.759 bits per heavy atom. The van der Waals surface area contributed by atoms with Gasteiger partial charge in [0.15, 0.2) is 0 Å². The Balaban J connectivity index is 1.73. The summed E-state index contributed by atoms with van der Waals surface area (Å²) in [6.07, 6.45) is 2.27. The number of para-hydroxylation sites is 1. The Morgan fingerprint density at radius 2 is 1.45 bits per heavy atom. The zero-order valence-corrected chi connectivity index (χ0v) is 17.0.